The van der Waals surface area contributed by atoms with Gasteiger partial charge in [-0.25, -0.2) is 5.01 Å². The van der Waals surface area contributed by atoms with E-state index in [1.807, 2.05) is 47.5 Å². The van der Waals surface area contributed by atoms with Crippen molar-refractivity contribution in [1.82, 2.24) is 5.01 Å². The highest BCUT2D eigenvalue weighted by Gasteiger charge is 2.41. The molecule has 2 aliphatic rings. The van der Waals surface area contributed by atoms with E-state index in [1.54, 1.807) is 24.3 Å². The second-order valence-corrected chi connectivity index (χ2v) is 7.34. The van der Waals surface area contributed by atoms with Gasteiger partial charge in [0.1, 0.15) is 17.2 Å². The lowest BCUT2D eigenvalue weighted by atomic mass is 9.95. The van der Waals surface area contributed by atoms with Crippen LogP contribution in [0.3, 0.4) is 0 Å². The Morgan fingerprint density at radius 1 is 1.00 bits per heavy atom. The van der Waals surface area contributed by atoms with Crippen LogP contribution in [0.2, 0.25) is 5.02 Å². The summed E-state index contributed by atoms with van der Waals surface area (Å²) < 4.78 is 6.26. The fourth-order valence-electron chi connectivity index (χ4n) is 3.80. The molecule has 5 nitrogen and oxygen atoms in total. The van der Waals surface area contributed by atoms with E-state index in [0.717, 1.165) is 22.6 Å². The standard InChI is InChI=1S/C22H17ClN2O3/c23-14-7-10-21-17(11-14)19-12-18(16-3-1-2-4-20(16)27)24-25(19)22(28-21)13-5-8-15(26)9-6-13/h1-11,19,22,26-27H,12H2/t19-,22-/m0/s1. The predicted molar refractivity (Wildman–Crippen MR) is 107 cm³/mol. The first-order chi connectivity index (χ1) is 13.6. The average Bonchev–Trinajstić information content (AvgIpc) is 3.14. The highest BCUT2D eigenvalue weighted by Crippen LogP contribution is 2.48. The molecule has 0 radical (unpaired) electrons. The third-order valence-electron chi connectivity index (χ3n) is 5.15. The first kappa shape index (κ1) is 17.0. The van der Waals surface area contributed by atoms with Crippen LogP contribution in [0.4, 0.5) is 0 Å². The summed E-state index contributed by atoms with van der Waals surface area (Å²) in [5.41, 5.74) is 3.36. The number of hydrogen-bond acceptors (Lipinski definition) is 5. The molecule has 3 aromatic rings. The summed E-state index contributed by atoms with van der Waals surface area (Å²) in [5, 5.41) is 27.3. The first-order valence-corrected chi connectivity index (χ1v) is 9.37. The second kappa shape index (κ2) is 6.46. The van der Waals surface area contributed by atoms with E-state index in [4.69, 9.17) is 21.4 Å². The number of para-hydroxylation sites is 1. The van der Waals surface area contributed by atoms with Crippen LogP contribution in [0.1, 0.15) is 35.4 Å². The number of halogens is 1. The molecule has 0 saturated carbocycles. The summed E-state index contributed by atoms with van der Waals surface area (Å²) in [5.74, 6) is 1.16. The smallest absolute Gasteiger partial charge is 0.213 e. The molecule has 28 heavy (non-hydrogen) atoms. The Kier molecular flexibility index (Phi) is 3.91. The number of benzene rings is 3. The molecule has 2 aliphatic heterocycles. The monoisotopic (exact) mass is 392 g/mol. The van der Waals surface area contributed by atoms with E-state index in [0.29, 0.717) is 17.0 Å². The maximum absolute atomic E-state index is 10.3. The Morgan fingerprint density at radius 3 is 2.57 bits per heavy atom. The molecule has 2 atom stereocenters. The number of rotatable bonds is 2. The minimum absolute atomic E-state index is 0.0594. The van der Waals surface area contributed by atoms with Gasteiger partial charge in [-0.2, -0.15) is 5.10 Å². The maximum Gasteiger partial charge on any atom is 0.213 e. The number of ether oxygens (including phenoxy) is 1. The molecule has 5 rings (SSSR count). The van der Waals surface area contributed by atoms with Crippen LogP contribution in [0, 0.1) is 0 Å². The molecule has 0 unspecified atom stereocenters. The van der Waals surface area contributed by atoms with Gasteiger partial charge in [0.05, 0.1) is 11.8 Å². The summed E-state index contributed by atoms with van der Waals surface area (Å²) in [7, 11) is 0. The molecule has 0 amide bonds. The molecule has 140 valence electrons. The van der Waals surface area contributed by atoms with E-state index >= 15 is 0 Å². The van der Waals surface area contributed by atoms with Gasteiger partial charge in [-0.05, 0) is 54.6 Å². The Hall–Kier alpha value is -3.18. The van der Waals surface area contributed by atoms with Crippen LogP contribution in [0.5, 0.6) is 17.2 Å². The van der Waals surface area contributed by atoms with Gasteiger partial charge in [0, 0.05) is 28.1 Å². The minimum atomic E-state index is -0.442. The highest BCUT2D eigenvalue weighted by molar-refractivity contribution is 6.30. The fourth-order valence-corrected chi connectivity index (χ4v) is 3.98. The van der Waals surface area contributed by atoms with E-state index in [9.17, 15) is 10.2 Å². The van der Waals surface area contributed by atoms with Crippen molar-refractivity contribution in [1.29, 1.82) is 0 Å². The molecular formula is C22H17ClN2O3. The average molecular weight is 393 g/mol. The van der Waals surface area contributed by atoms with Crippen molar-refractivity contribution in [2.75, 3.05) is 0 Å². The third-order valence-corrected chi connectivity index (χ3v) is 5.38. The number of nitrogens with zero attached hydrogens (tertiary/aromatic N) is 2. The summed E-state index contributed by atoms with van der Waals surface area (Å²) >= 11 is 6.24. The summed E-state index contributed by atoms with van der Waals surface area (Å²) in [6, 6.07) is 19.6. The van der Waals surface area contributed by atoms with Gasteiger partial charge >= 0.3 is 0 Å². The molecule has 2 heterocycles. The normalized spacial score (nSPS) is 20.2. The van der Waals surface area contributed by atoms with Crippen molar-refractivity contribution < 1.29 is 14.9 Å². The molecule has 0 spiro atoms. The summed E-state index contributed by atoms with van der Waals surface area (Å²) in [6.07, 6.45) is 0.186. The minimum Gasteiger partial charge on any atom is -0.508 e. The van der Waals surface area contributed by atoms with Crippen molar-refractivity contribution in [3.05, 3.63) is 88.4 Å². The lowest BCUT2D eigenvalue weighted by Gasteiger charge is -2.38. The lowest BCUT2D eigenvalue weighted by Crippen LogP contribution is -2.33. The van der Waals surface area contributed by atoms with Crippen LogP contribution in [0.15, 0.2) is 71.8 Å². The molecule has 0 aromatic heterocycles. The fraction of sp³-hybridized carbons (Fsp3) is 0.136. The van der Waals surface area contributed by atoms with Crippen molar-refractivity contribution in [3.63, 3.8) is 0 Å². The zero-order chi connectivity index (χ0) is 19.3. The van der Waals surface area contributed by atoms with Crippen LogP contribution in [0.25, 0.3) is 0 Å². The molecule has 6 heteroatoms. The van der Waals surface area contributed by atoms with Crippen LogP contribution in [-0.4, -0.2) is 20.9 Å². The molecular weight excluding hydrogens is 376 g/mol. The number of hydrazone groups is 1. The first-order valence-electron chi connectivity index (χ1n) is 8.99. The summed E-state index contributed by atoms with van der Waals surface area (Å²) in [6.45, 7) is 0. The second-order valence-electron chi connectivity index (χ2n) is 6.91. The van der Waals surface area contributed by atoms with Gasteiger partial charge in [-0.3, -0.25) is 0 Å². The predicted octanol–water partition coefficient (Wildman–Crippen LogP) is 4.99. The van der Waals surface area contributed by atoms with Gasteiger partial charge < -0.3 is 14.9 Å². The molecule has 0 fully saturated rings. The SMILES string of the molecule is Oc1ccc([C@@H]2Oc3ccc(Cl)cc3[C@@H]3CC(c4ccccc4O)=NN32)cc1. The molecule has 0 aliphatic carbocycles. The summed E-state index contributed by atoms with van der Waals surface area (Å²) in [4.78, 5) is 0. The lowest BCUT2D eigenvalue weighted by molar-refractivity contribution is -0.0190. The number of fused-ring (bicyclic) bond motifs is 3. The Balaban J connectivity index is 1.62. The largest absolute Gasteiger partial charge is 0.508 e. The number of aromatic hydroxyl groups is 2. The van der Waals surface area contributed by atoms with Crippen molar-refractivity contribution in [2.24, 2.45) is 5.10 Å². The van der Waals surface area contributed by atoms with Gasteiger partial charge in [-0.15, -0.1) is 0 Å². The van der Waals surface area contributed by atoms with E-state index in [1.165, 1.54) is 0 Å². The molecule has 0 bridgehead atoms. The number of hydrogen-bond donors (Lipinski definition) is 2. The van der Waals surface area contributed by atoms with Gasteiger partial charge in [0.15, 0.2) is 0 Å². The Labute approximate surface area is 167 Å². The van der Waals surface area contributed by atoms with Crippen LogP contribution < -0.4 is 4.74 Å². The van der Waals surface area contributed by atoms with E-state index in [2.05, 4.69) is 0 Å². The molecule has 0 saturated heterocycles. The Morgan fingerprint density at radius 2 is 1.79 bits per heavy atom. The zero-order valence-electron chi connectivity index (χ0n) is 14.8. The quantitative estimate of drug-likeness (QED) is 0.644. The number of phenols is 2. The van der Waals surface area contributed by atoms with E-state index in [-0.39, 0.29) is 17.5 Å². The van der Waals surface area contributed by atoms with Gasteiger partial charge in [0.25, 0.3) is 0 Å². The third kappa shape index (κ3) is 2.75. The van der Waals surface area contributed by atoms with Crippen LogP contribution >= 0.6 is 11.6 Å². The highest BCUT2D eigenvalue weighted by atomic mass is 35.5. The van der Waals surface area contributed by atoms with Gasteiger partial charge in [0.2, 0.25) is 6.23 Å². The maximum atomic E-state index is 10.3. The molecule has 2 N–H and O–H groups in total. The Bertz CT molecular complexity index is 1080. The zero-order valence-corrected chi connectivity index (χ0v) is 15.5. The topological polar surface area (TPSA) is 65.3 Å². The molecule has 3 aromatic carbocycles. The van der Waals surface area contributed by atoms with Crippen molar-refractivity contribution in [3.8, 4) is 17.2 Å². The number of phenolic OH excluding ortho intramolecular Hbond substituents is 2. The van der Waals surface area contributed by atoms with Crippen molar-refractivity contribution >= 4 is 17.3 Å². The van der Waals surface area contributed by atoms with E-state index < -0.39 is 6.23 Å². The van der Waals surface area contributed by atoms with Gasteiger partial charge in [-0.1, -0.05) is 23.7 Å². The van der Waals surface area contributed by atoms with Crippen molar-refractivity contribution in [2.45, 2.75) is 18.7 Å². The van der Waals surface area contributed by atoms with Crippen LogP contribution in [-0.2, 0) is 0 Å².